The molecule has 0 spiro atoms. The van der Waals surface area contributed by atoms with Gasteiger partial charge >= 0.3 is 0 Å². The number of H-pyrrole nitrogens is 1. The van der Waals surface area contributed by atoms with Gasteiger partial charge in [-0.2, -0.15) is 0 Å². The van der Waals surface area contributed by atoms with Gasteiger partial charge in [0.25, 0.3) is 11.5 Å². The highest BCUT2D eigenvalue weighted by Gasteiger charge is 2.52. The zero-order chi connectivity index (χ0) is 20.5. The number of amides is 1. The van der Waals surface area contributed by atoms with Crippen LogP contribution in [-0.2, 0) is 18.3 Å². The Labute approximate surface area is 179 Å². The Bertz CT molecular complexity index is 1050. The van der Waals surface area contributed by atoms with Gasteiger partial charge in [-0.05, 0) is 82.0 Å². The lowest BCUT2D eigenvalue weighted by Gasteiger charge is -2.56. The molecule has 0 saturated heterocycles. The van der Waals surface area contributed by atoms with Gasteiger partial charge < -0.3 is 10.1 Å². The van der Waals surface area contributed by atoms with Gasteiger partial charge in [-0.3, -0.25) is 14.9 Å². The third-order valence-corrected chi connectivity index (χ3v) is 8.77. The zero-order valence-corrected chi connectivity index (χ0v) is 17.8. The molecule has 0 aliphatic heterocycles. The maximum Gasteiger partial charge on any atom is 0.266 e. The first-order valence-electron chi connectivity index (χ1n) is 11.2. The van der Waals surface area contributed by atoms with Gasteiger partial charge in [-0.15, -0.1) is 11.3 Å². The molecule has 7 rings (SSSR count). The smallest absolute Gasteiger partial charge is 0.266 e. The molecule has 30 heavy (non-hydrogen) atoms. The number of fused-ring (bicyclic) bond motifs is 1. The van der Waals surface area contributed by atoms with Crippen LogP contribution in [-0.4, -0.2) is 21.0 Å². The summed E-state index contributed by atoms with van der Waals surface area (Å²) in [4.78, 5) is 33.0. The molecule has 5 aliphatic rings. The summed E-state index contributed by atoms with van der Waals surface area (Å²) >= 11 is 1.43. The van der Waals surface area contributed by atoms with E-state index in [9.17, 15) is 14.7 Å². The van der Waals surface area contributed by atoms with Crippen LogP contribution in [0.2, 0.25) is 0 Å². The summed E-state index contributed by atoms with van der Waals surface area (Å²) in [6.45, 7) is 0. The van der Waals surface area contributed by atoms with Gasteiger partial charge in [0.1, 0.15) is 11.3 Å². The molecule has 158 valence electrons. The monoisotopic (exact) mass is 425 g/mol. The molecule has 6 nitrogen and oxygen atoms in total. The summed E-state index contributed by atoms with van der Waals surface area (Å²) in [5.41, 5.74) is 2.05. The van der Waals surface area contributed by atoms with Gasteiger partial charge in [0.15, 0.2) is 5.13 Å². The van der Waals surface area contributed by atoms with Gasteiger partial charge in [-0.25, -0.2) is 4.98 Å². The Morgan fingerprint density at radius 3 is 2.50 bits per heavy atom. The fourth-order valence-corrected chi connectivity index (χ4v) is 7.96. The van der Waals surface area contributed by atoms with Crippen molar-refractivity contribution in [1.82, 2.24) is 9.97 Å². The number of aromatic hydroxyl groups is 1. The Balaban J connectivity index is 1.26. The van der Waals surface area contributed by atoms with Crippen LogP contribution in [0.5, 0.6) is 5.75 Å². The highest BCUT2D eigenvalue weighted by atomic mass is 32.1. The topological polar surface area (TPSA) is 95.1 Å². The molecule has 0 radical (unpaired) electrons. The second-order valence-electron chi connectivity index (χ2n) is 10.0. The second-order valence-corrected chi connectivity index (χ2v) is 10.9. The lowest BCUT2D eigenvalue weighted by atomic mass is 9.49. The van der Waals surface area contributed by atoms with Crippen molar-refractivity contribution in [3.63, 3.8) is 0 Å². The largest absolute Gasteiger partial charge is 0.507 e. The average Bonchev–Trinajstić information content (AvgIpc) is 3.16. The van der Waals surface area contributed by atoms with Crippen LogP contribution >= 0.6 is 11.3 Å². The van der Waals surface area contributed by atoms with Crippen LogP contribution in [0.3, 0.4) is 0 Å². The number of carbonyl (C=O) groups excluding carboxylic acids is 1. The number of pyridine rings is 1. The first-order chi connectivity index (χ1) is 14.5. The van der Waals surface area contributed by atoms with E-state index in [4.69, 9.17) is 4.98 Å². The molecule has 2 heterocycles. The summed E-state index contributed by atoms with van der Waals surface area (Å²) in [7, 11) is 0. The van der Waals surface area contributed by atoms with E-state index in [-0.39, 0.29) is 16.7 Å². The molecule has 0 aromatic carbocycles. The SMILES string of the molecule is O=C(Nc1nc(C23CC4CC(CC(C4)C2)C3)cs1)c1c(O)c2c([nH]c1=O)CCCC2. The first kappa shape index (κ1) is 18.6. The van der Waals surface area contributed by atoms with E-state index in [1.54, 1.807) is 0 Å². The minimum Gasteiger partial charge on any atom is -0.507 e. The molecule has 4 bridgehead atoms. The highest BCUT2D eigenvalue weighted by molar-refractivity contribution is 7.14. The number of rotatable bonds is 3. The molecule has 1 amide bonds. The number of anilines is 1. The Kier molecular flexibility index (Phi) is 4.14. The fourth-order valence-electron chi connectivity index (χ4n) is 7.13. The van der Waals surface area contributed by atoms with Crippen LogP contribution in [0.25, 0.3) is 0 Å². The molecule has 7 heteroatoms. The number of aromatic amines is 1. The van der Waals surface area contributed by atoms with Crippen LogP contribution in [0.4, 0.5) is 5.13 Å². The molecule has 4 fully saturated rings. The average molecular weight is 426 g/mol. The summed E-state index contributed by atoms with van der Waals surface area (Å²) in [6, 6.07) is 0. The highest BCUT2D eigenvalue weighted by Crippen LogP contribution is 2.60. The van der Waals surface area contributed by atoms with Crippen molar-refractivity contribution in [2.45, 2.75) is 69.6 Å². The number of nitrogens with one attached hydrogen (secondary N) is 2. The maximum absolute atomic E-state index is 12.9. The van der Waals surface area contributed by atoms with Crippen molar-refractivity contribution in [3.05, 3.63) is 38.2 Å². The lowest BCUT2D eigenvalue weighted by molar-refractivity contribution is -0.00688. The number of thiazole rings is 1. The van der Waals surface area contributed by atoms with E-state index in [1.165, 1.54) is 49.9 Å². The van der Waals surface area contributed by atoms with Gasteiger partial charge in [-0.1, -0.05) is 0 Å². The Morgan fingerprint density at radius 1 is 1.13 bits per heavy atom. The van der Waals surface area contributed by atoms with Crippen LogP contribution in [0.1, 0.15) is 78.7 Å². The Morgan fingerprint density at radius 2 is 1.80 bits per heavy atom. The van der Waals surface area contributed by atoms with Crippen molar-refractivity contribution in [2.75, 3.05) is 5.32 Å². The molecule has 0 atom stereocenters. The normalized spacial score (nSPS) is 31.5. The zero-order valence-electron chi connectivity index (χ0n) is 17.0. The van der Waals surface area contributed by atoms with E-state index >= 15 is 0 Å². The van der Waals surface area contributed by atoms with Crippen LogP contribution < -0.4 is 10.9 Å². The van der Waals surface area contributed by atoms with E-state index in [2.05, 4.69) is 15.7 Å². The van der Waals surface area contributed by atoms with E-state index in [0.717, 1.165) is 48.4 Å². The maximum atomic E-state index is 12.9. The summed E-state index contributed by atoms with van der Waals surface area (Å²) in [6.07, 6.45) is 11.2. The van der Waals surface area contributed by atoms with Crippen molar-refractivity contribution < 1.29 is 9.90 Å². The summed E-state index contributed by atoms with van der Waals surface area (Å²) in [5, 5.41) is 16.0. The quantitative estimate of drug-likeness (QED) is 0.689. The number of aryl methyl sites for hydroxylation is 1. The number of aromatic nitrogens is 2. The third-order valence-electron chi connectivity index (χ3n) is 8.02. The summed E-state index contributed by atoms with van der Waals surface area (Å²) < 4.78 is 0. The molecule has 3 N–H and O–H groups in total. The molecule has 0 unspecified atom stereocenters. The fraction of sp³-hybridized carbons (Fsp3) is 0.609. The predicted molar refractivity (Wildman–Crippen MR) is 115 cm³/mol. The van der Waals surface area contributed by atoms with E-state index < -0.39 is 11.5 Å². The lowest BCUT2D eigenvalue weighted by Crippen LogP contribution is -2.48. The standard InChI is InChI=1S/C23H27N3O3S/c27-19-15-3-1-2-4-16(15)24-20(28)18(19)21(29)26-22-25-17(11-30-22)23-8-12-5-13(9-23)7-14(6-12)10-23/h11-14H,1-10H2,(H2,24,27,28)(H,25,26,29). The predicted octanol–water partition coefficient (Wildman–Crippen LogP) is 4.14. The number of carbonyl (C=O) groups is 1. The van der Waals surface area contributed by atoms with Crippen LogP contribution in [0, 0.1) is 17.8 Å². The van der Waals surface area contributed by atoms with Crippen LogP contribution in [0.15, 0.2) is 10.2 Å². The van der Waals surface area contributed by atoms with Crippen molar-refractivity contribution in [3.8, 4) is 5.75 Å². The molecular weight excluding hydrogens is 398 g/mol. The van der Waals surface area contributed by atoms with Crippen molar-refractivity contribution in [2.24, 2.45) is 17.8 Å². The molecule has 2 aromatic heterocycles. The van der Waals surface area contributed by atoms with Crippen molar-refractivity contribution >= 4 is 22.4 Å². The first-order valence-corrected chi connectivity index (χ1v) is 12.1. The van der Waals surface area contributed by atoms with E-state index in [1.807, 2.05) is 0 Å². The van der Waals surface area contributed by atoms with Gasteiger partial charge in [0, 0.05) is 22.1 Å². The molecule has 4 saturated carbocycles. The molecule has 2 aromatic rings. The molecular formula is C23H27N3O3S. The van der Waals surface area contributed by atoms with Gasteiger partial charge in [0.2, 0.25) is 0 Å². The minimum absolute atomic E-state index is 0.163. The number of hydrogen-bond acceptors (Lipinski definition) is 5. The summed E-state index contributed by atoms with van der Waals surface area (Å²) in [5.74, 6) is 1.77. The van der Waals surface area contributed by atoms with Gasteiger partial charge in [0.05, 0.1) is 5.69 Å². The third kappa shape index (κ3) is 2.85. The Hall–Kier alpha value is -2.15. The number of nitrogens with zero attached hydrogens (tertiary/aromatic N) is 1. The second kappa shape index (κ2) is 6.67. The number of hydrogen-bond donors (Lipinski definition) is 3. The minimum atomic E-state index is -0.575. The van der Waals surface area contributed by atoms with Crippen molar-refractivity contribution in [1.29, 1.82) is 0 Å². The van der Waals surface area contributed by atoms with E-state index in [0.29, 0.717) is 17.1 Å². The molecule has 5 aliphatic carbocycles.